The van der Waals surface area contributed by atoms with E-state index in [0.717, 1.165) is 11.3 Å². The van der Waals surface area contributed by atoms with Crippen molar-refractivity contribution in [1.29, 1.82) is 0 Å². The highest BCUT2D eigenvalue weighted by atomic mass is 35.5. The molecule has 0 unspecified atom stereocenters. The van der Waals surface area contributed by atoms with Gasteiger partial charge in [0, 0.05) is 0 Å². The van der Waals surface area contributed by atoms with Gasteiger partial charge in [0.2, 0.25) is 0 Å². The molecule has 6 heteroatoms. The zero-order chi connectivity index (χ0) is 12.3. The maximum absolute atomic E-state index is 11.4. The Hall–Kier alpha value is -1.88. The largest absolute Gasteiger partial charge is 0.497 e. The fourth-order valence-corrected chi connectivity index (χ4v) is 1.47. The SMILES string of the molecule is COc1ccc(Cn2ncc(Cl)nc2=O)cc1. The summed E-state index contributed by atoms with van der Waals surface area (Å²) in [7, 11) is 1.60. The first-order valence-electron chi connectivity index (χ1n) is 4.91. The van der Waals surface area contributed by atoms with Crippen molar-refractivity contribution in [2.45, 2.75) is 6.54 Å². The Labute approximate surface area is 103 Å². The summed E-state index contributed by atoms with van der Waals surface area (Å²) in [5, 5.41) is 3.99. The average molecular weight is 252 g/mol. The molecule has 2 aromatic rings. The van der Waals surface area contributed by atoms with E-state index in [2.05, 4.69) is 10.1 Å². The lowest BCUT2D eigenvalue weighted by molar-refractivity contribution is 0.414. The van der Waals surface area contributed by atoms with Gasteiger partial charge in [0.05, 0.1) is 19.9 Å². The molecule has 2 rings (SSSR count). The predicted octanol–water partition coefficient (Wildman–Crippen LogP) is 1.35. The van der Waals surface area contributed by atoms with E-state index in [9.17, 15) is 4.79 Å². The molecule has 0 atom stereocenters. The van der Waals surface area contributed by atoms with Crippen molar-refractivity contribution in [2.75, 3.05) is 7.11 Å². The van der Waals surface area contributed by atoms with Gasteiger partial charge in [-0.1, -0.05) is 23.7 Å². The van der Waals surface area contributed by atoms with E-state index in [1.807, 2.05) is 24.3 Å². The van der Waals surface area contributed by atoms with Crippen molar-refractivity contribution in [1.82, 2.24) is 14.8 Å². The van der Waals surface area contributed by atoms with Crippen LogP contribution in [0.2, 0.25) is 5.15 Å². The minimum absolute atomic E-state index is 0.0981. The number of hydrogen-bond acceptors (Lipinski definition) is 4. The normalized spacial score (nSPS) is 10.2. The molecule has 88 valence electrons. The summed E-state index contributed by atoms with van der Waals surface area (Å²) in [5.74, 6) is 0.767. The zero-order valence-electron chi connectivity index (χ0n) is 9.13. The summed E-state index contributed by atoms with van der Waals surface area (Å²) >= 11 is 5.56. The van der Waals surface area contributed by atoms with Crippen LogP contribution < -0.4 is 10.4 Å². The maximum atomic E-state index is 11.4. The Morgan fingerprint density at radius 2 is 2.06 bits per heavy atom. The number of hydrogen-bond donors (Lipinski definition) is 0. The van der Waals surface area contributed by atoms with Gasteiger partial charge in [0.25, 0.3) is 0 Å². The van der Waals surface area contributed by atoms with Crippen LogP contribution in [0.25, 0.3) is 0 Å². The molecule has 0 saturated heterocycles. The van der Waals surface area contributed by atoms with Crippen molar-refractivity contribution in [3.05, 3.63) is 51.7 Å². The quantitative estimate of drug-likeness (QED) is 0.826. The highest BCUT2D eigenvalue weighted by Gasteiger charge is 2.01. The number of aromatic nitrogens is 3. The van der Waals surface area contributed by atoms with E-state index < -0.39 is 5.69 Å². The predicted molar refractivity (Wildman–Crippen MR) is 63.4 cm³/mol. The summed E-state index contributed by atoms with van der Waals surface area (Å²) in [6, 6.07) is 7.37. The summed E-state index contributed by atoms with van der Waals surface area (Å²) in [6.45, 7) is 0.354. The number of methoxy groups -OCH3 is 1. The molecular weight excluding hydrogens is 242 g/mol. The van der Waals surface area contributed by atoms with E-state index >= 15 is 0 Å². The number of halogens is 1. The lowest BCUT2D eigenvalue weighted by Crippen LogP contribution is -2.25. The van der Waals surface area contributed by atoms with Crippen LogP contribution in [0.3, 0.4) is 0 Å². The number of ether oxygens (including phenoxy) is 1. The summed E-state index contributed by atoms with van der Waals surface area (Å²) in [5.41, 5.74) is 0.470. The van der Waals surface area contributed by atoms with Crippen LogP contribution in [0, 0.1) is 0 Å². The van der Waals surface area contributed by atoms with Crippen LogP contribution in [-0.2, 0) is 6.54 Å². The summed E-state index contributed by atoms with van der Waals surface area (Å²) < 4.78 is 6.29. The van der Waals surface area contributed by atoms with E-state index in [1.54, 1.807) is 7.11 Å². The van der Waals surface area contributed by atoms with Crippen molar-refractivity contribution in [3.63, 3.8) is 0 Å². The molecule has 17 heavy (non-hydrogen) atoms. The minimum Gasteiger partial charge on any atom is -0.497 e. The molecule has 0 radical (unpaired) electrons. The molecule has 0 fully saturated rings. The second kappa shape index (κ2) is 4.97. The fraction of sp³-hybridized carbons (Fsp3) is 0.182. The summed E-state index contributed by atoms with van der Waals surface area (Å²) in [4.78, 5) is 15.0. The van der Waals surface area contributed by atoms with Crippen LogP contribution in [-0.4, -0.2) is 21.9 Å². The molecule has 5 nitrogen and oxygen atoms in total. The third-order valence-electron chi connectivity index (χ3n) is 2.22. The Balaban J connectivity index is 2.22. The molecule has 0 N–H and O–H groups in total. The molecule has 1 aromatic carbocycles. The number of benzene rings is 1. The highest BCUT2D eigenvalue weighted by Crippen LogP contribution is 2.11. The Morgan fingerprint density at radius 3 is 2.65 bits per heavy atom. The molecule has 0 aliphatic rings. The zero-order valence-corrected chi connectivity index (χ0v) is 9.89. The molecule has 0 bridgehead atoms. The molecule has 0 aliphatic carbocycles. The van der Waals surface area contributed by atoms with E-state index in [4.69, 9.17) is 16.3 Å². The first kappa shape index (κ1) is 11.6. The van der Waals surface area contributed by atoms with Crippen molar-refractivity contribution < 1.29 is 4.74 Å². The van der Waals surface area contributed by atoms with Gasteiger partial charge in [0.15, 0.2) is 5.15 Å². The topological polar surface area (TPSA) is 57.0 Å². The first-order chi connectivity index (χ1) is 8.19. The third-order valence-corrected chi connectivity index (χ3v) is 2.40. The van der Waals surface area contributed by atoms with Gasteiger partial charge >= 0.3 is 5.69 Å². The van der Waals surface area contributed by atoms with Gasteiger partial charge in [-0.15, -0.1) is 0 Å². The Kier molecular flexibility index (Phi) is 3.39. The van der Waals surface area contributed by atoms with Crippen LogP contribution in [0.4, 0.5) is 0 Å². The maximum Gasteiger partial charge on any atom is 0.365 e. The monoisotopic (exact) mass is 251 g/mol. The molecule has 0 saturated carbocycles. The highest BCUT2D eigenvalue weighted by molar-refractivity contribution is 6.29. The fourth-order valence-electron chi connectivity index (χ4n) is 1.36. The van der Waals surface area contributed by atoms with E-state index in [-0.39, 0.29) is 5.15 Å². The van der Waals surface area contributed by atoms with Gasteiger partial charge in [-0.2, -0.15) is 10.1 Å². The van der Waals surface area contributed by atoms with Gasteiger partial charge in [0.1, 0.15) is 5.75 Å². The second-order valence-corrected chi connectivity index (χ2v) is 3.75. The molecule has 0 spiro atoms. The van der Waals surface area contributed by atoms with Gasteiger partial charge in [-0.25, -0.2) is 9.48 Å². The summed E-state index contributed by atoms with van der Waals surface area (Å²) in [6.07, 6.45) is 1.34. The van der Waals surface area contributed by atoms with Crippen LogP contribution in [0.5, 0.6) is 5.75 Å². The van der Waals surface area contributed by atoms with Crippen molar-refractivity contribution in [3.8, 4) is 5.75 Å². The average Bonchev–Trinajstić information content (AvgIpc) is 2.34. The molecule has 0 aliphatic heterocycles. The Bertz CT molecular complexity index is 566. The Morgan fingerprint density at radius 1 is 1.35 bits per heavy atom. The van der Waals surface area contributed by atoms with Crippen LogP contribution >= 0.6 is 11.6 Å². The minimum atomic E-state index is -0.465. The van der Waals surface area contributed by atoms with E-state index in [0.29, 0.717) is 6.54 Å². The lowest BCUT2D eigenvalue weighted by Gasteiger charge is -2.04. The lowest BCUT2D eigenvalue weighted by atomic mass is 10.2. The van der Waals surface area contributed by atoms with Gasteiger partial charge < -0.3 is 4.74 Å². The van der Waals surface area contributed by atoms with Crippen LogP contribution in [0.15, 0.2) is 35.3 Å². The third kappa shape index (κ3) is 2.82. The van der Waals surface area contributed by atoms with Crippen molar-refractivity contribution in [2.24, 2.45) is 0 Å². The van der Waals surface area contributed by atoms with Crippen LogP contribution in [0.1, 0.15) is 5.56 Å². The molecular formula is C11H10ClN3O2. The van der Waals surface area contributed by atoms with Gasteiger partial charge in [-0.3, -0.25) is 0 Å². The van der Waals surface area contributed by atoms with Crippen molar-refractivity contribution >= 4 is 11.6 Å². The standard InChI is InChI=1S/C11H10ClN3O2/c1-17-9-4-2-8(3-5-9)7-15-11(16)14-10(12)6-13-15/h2-6H,7H2,1H3. The molecule has 1 heterocycles. The van der Waals surface area contributed by atoms with Gasteiger partial charge in [-0.05, 0) is 17.7 Å². The van der Waals surface area contributed by atoms with E-state index in [1.165, 1.54) is 10.9 Å². The molecule has 1 aromatic heterocycles. The first-order valence-corrected chi connectivity index (χ1v) is 5.29. The second-order valence-electron chi connectivity index (χ2n) is 3.37. The smallest absolute Gasteiger partial charge is 0.365 e. The molecule has 0 amide bonds. The number of rotatable bonds is 3. The number of nitrogens with zero attached hydrogens (tertiary/aromatic N) is 3.